The van der Waals surface area contributed by atoms with E-state index >= 15 is 0 Å². The largest absolute Gasteiger partial charge is 0.370 e. The standard InChI is InChI=1S/C12H23N5/c1-6-14-9-7-10(16-11(13)15-9)17(5)8-12(2,3)4/h7H,6,8H2,1-5H3,(H3,13,14,15,16). The molecule has 17 heavy (non-hydrogen) atoms. The average molecular weight is 237 g/mol. The smallest absolute Gasteiger partial charge is 0.223 e. The van der Waals surface area contributed by atoms with Crippen LogP contribution in [0.25, 0.3) is 0 Å². The van der Waals surface area contributed by atoms with Gasteiger partial charge < -0.3 is 16.0 Å². The van der Waals surface area contributed by atoms with Crippen LogP contribution in [-0.2, 0) is 0 Å². The maximum Gasteiger partial charge on any atom is 0.223 e. The number of anilines is 3. The van der Waals surface area contributed by atoms with Crippen LogP contribution < -0.4 is 16.0 Å². The minimum Gasteiger partial charge on any atom is -0.370 e. The minimum atomic E-state index is 0.215. The van der Waals surface area contributed by atoms with E-state index in [9.17, 15) is 0 Å². The first kappa shape index (κ1) is 13.5. The number of nitrogens with zero attached hydrogens (tertiary/aromatic N) is 3. The van der Waals surface area contributed by atoms with Gasteiger partial charge in [-0.25, -0.2) is 0 Å². The van der Waals surface area contributed by atoms with Crippen molar-refractivity contribution in [1.82, 2.24) is 9.97 Å². The SMILES string of the molecule is CCNc1cc(N(C)CC(C)(C)C)nc(N)n1. The minimum absolute atomic E-state index is 0.215. The summed E-state index contributed by atoms with van der Waals surface area (Å²) in [7, 11) is 2.02. The number of hydrogen-bond donors (Lipinski definition) is 2. The van der Waals surface area contributed by atoms with Crippen LogP contribution in [0.2, 0.25) is 0 Å². The summed E-state index contributed by atoms with van der Waals surface area (Å²) in [5.41, 5.74) is 5.92. The molecule has 0 spiro atoms. The zero-order chi connectivity index (χ0) is 13.1. The van der Waals surface area contributed by atoms with Crippen LogP contribution in [-0.4, -0.2) is 30.1 Å². The van der Waals surface area contributed by atoms with Gasteiger partial charge in [-0.2, -0.15) is 9.97 Å². The number of rotatable bonds is 4. The second kappa shape index (κ2) is 5.21. The zero-order valence-electron chi connectivity index (χ0n) is 11.4. The second-order valence-corrected chi connectivity index (χ2v) is 5.42. The lowest BCUT2D eigenvalue weighted by molar-refractivity contribution is 0.418. The van der Waals surface area contributed by atoms with E-state index in [0.717, 1.165) is 24.7 Å². The Morgan fingerprint density at radius 3 is 2.53 bits per heavy atom. The highest BCUT2D eigenvalue weighted by atomic mass is 15.2. The number of hydrogen-bond acceptors (Lipinski definition) is 5. The number of nitrogens with one attached hydrogen (secondary N) is 1. The molecule has 0 saturated carbocycles. The van der Waals surface area contributed by atoms with E-state index in [1.165, 1.54) is 0 Å². The van der Waals surface area contributed by atoms with Crippen LogP contribution in [0.15, 0.2) is 6.07 Å². The van der Waals surface area contributed by atoms with E-state index in [1.807, 2.05) is 20.0 Å². The highest BCUT2D eigenvalue weighted by molar-refractivity contribution is 5.52. The van der Waals surface area contributed by atoms with Crippen molar-refractivity contribution in [2.45, 2.75) is 27.7 Å². The van der Waals surface area contributed by atoms with E-state index in [1.54, 1.807) is 0 Å². The van der Waals surface area contributed by atoms with Gasteiger partial charge in [-0.05, 0) is 12.3 Å². The quantitative estimate of drug-likeness (QED) is 0.838. The van der Waals surface area contributed by atoms with Crippen LogP contribution in [0.3, 0.4) is 0 Å². The summed E-state index contributed by atoms with van der Waals surface area (Å²) in [5.74, 6) is 1.93. The van der Waals surface area contributed by atoms with Gasteiger partial charge in [0, 0.05) is 26.2 Å². The lowest BCUT2D eigenvalue weighted by atomic mass is 9.96. The molecule has 0 radical (unpaired) electrons. The topological polar surface area (TPSA) is 67.1 Å². The summed E-state index contributed by atoms with van der Waals surface area (Å²) in [5, 5.41) is 3.15. The van der Waals surface area contributed by atoms with E-state index in [4.69, 9.17) is 5.73 Å². The highest BCUT2D eigenvalue weighted by Crippen LogP contribution is 2.21. The Bertz CT molecular complexity index is 370. The molecule has 0 aromatic carbocycles. The number of aromatic nitrogens is 2. The normalized spacial score (nSPS) is 11.4. The molecule has 5 nitrogen and oxygen atoms in total. The molecule has 0 aliphatic rings. The average Bonchev–Trinajstić information content (AvgIpc) is 2.14. The summed E-state index contributed by atoms with van der Waals surface area (Å²) >= 11 is 0. The molecule has 0 atom stereocenters. The first-order valence-electron chi connectivity index (χ1n) is 5.91. The second-order valence-electron chi connectivity index (χ2n) is 5.42. The van der Waals surface area contributed by atoms with Gasteiger partial charge in [0.2, 0.25) is 5.95 Å². The monoisotopic (exact) mass is 237 g/mol. The molecule has 5 heteroatoms. The van der Waals surface area contributed by atoms with Gasteiger partial charge in [-0.15, -0.1) is 0 Å². The molecule has 0 aliphatic carbocycles. The van der Waals surface area contributed by atoms with Crippen molar-refractivity contribution in [3.05, 3.63) is 6.07 Å². The van der Waals surface area contributed by atoms with Gasteiger partial charge in [-0.3, -0.25) is 0 Å². The van der Waals surface area contributed by atoms with Crippen molar-refractivity contribution in [2.75, 3.05) is 36.1 Å². The Morgan fingerprint density at radius 2 is 2.00 bits per heavy atom. The van der Waals surface area contributed by atoms with Crippen molar-refractivity contribution in [3.63, 3.8) is 0 Å². The molecule has 1 aromatic rings. The maximum absolute atomic E-state index is 5.70. The van der Waals surface area contributed by atoms with Crippen LogP contribution >= 0.6 is 0 Å². The molecule has 1 heterocycles. The Hall–Kier alpha value is -1.52. The summed E-state index contributed by atoms with van der Waals surface area (Å²) in [4.78, 5) is 10.5. The molecule has 0 aliphatic heterocycles. The molecular formula is C12H23N5. The third-order valence-electron chi connectivity index (χ3n) is 2.19. The van der Waals surface area contributed by atoms with E-state index in [0.29, 0.717) is 5.95 Å². The van der Waals surface area contributed by atoms with Gasteiger partial charge in [-0.1, -0.05) is 20.8 Å². The summed E-state index contributed by atoms with van der Waals surface area (Å²) < 4.78 is 0. The molecule has 1 aromatic heterocycles. The van der Waals surface area contributed by atoms with Crippen molar-refractivity contribution in [1.29, 1.82) is 0 Å². The predicted octanol–water partition coefficient (Wildman–Crippen LogP) is 1.97. The van der Waals surface area contributed by atoms with Crippen LogP contribution in [0.1, 0.15) is 27.7 Å². The molecule has 96 valence electrons. The lowest BCUT2D eigenvalue weighted by Crippen LogP contribution is -2.30. The molecule has 1 rings (SSSR count). The van der Waals surface area contributed by atoms with Gasteiger partial charge in [0.25, 0.3) is 0 Å². The first-order valence-corrected chi connectivity index (χ1v) is 5.91. The third-order valence-corrected chi connectivity index (χ3v) is 2.19. The third kappa shape index (κ3) is 4.46. The predicted molar refractivity (Wildman–Crippen MR) is 73.3 cm³/mol. The van der Waals surface area contributed by atoms with E-state index < -0.39 is 0 Å². The number of nitrogens with two attached hydrogens (primary N) is 1. The van der Waals surface area contributed by atoms with E-state index in [-0.39, 0.29) is 5.41 Å². The number of nitrogen functional groups attached to an aromatic ring is 1. The van der Waals surface area contributed by atoms with Crippen LogP contribution in [0.5, 0.6) is 0 Å². The fourth-order valence-electron chi connectivity index (χ4n) is 1.71. The Labute approximate surface area is 103 Å². The fourth-order valence-corrected chi connectivity index (χ4v) is 1.71. The molecule has 3 N–H and O–H groups in total. The molecule has 0 amide bonds. The van der Waals surface area contributed by atoms with Crippen LogP contribution in [0, 0.1) is 5.41 Å². The summed E-state index contributed by atoms with van der Waals surface area (Å²) in [6.45, 7) is 10.3. The first-order chi connectivity index (χ1) is 7.81. The fraction of sp³-hybridized carbons (Fsp3) is 0.667. The molecule has 0 unspecified atom stereocenters. The van der Waals surface area contributed by atoms with E-state index in [2.05, 4.69) is 41.0 Å². The van der Waals surface area contributed by atoms with Crippen molar-refractivity contribution < 1.29 is 0 Å². The summed E-state index contributed by atoms with van der Waals surface area (Å²) in [6.07, 6.45) is 0. The summed E-state index contributed by atoms with van der Waals surface area (Å²) in [6, 6.07) is 1.92. The van der Waals surface area contributed by atoms with Gasteiger partial charge in [0.15, 0.2) is 0 Å². The highest BCUT2D eigenvalue weighted by Gasteiger charge is 2.15. The van der Waals surface area contributed by atoms with Crippen LogP contribution in [0.4, 0.5) is 17.6 Å². The molecular weight excluding hydrogens is 214 g/mol. The van der Waals surface area contributed by atoms with Crippen molar-refractivity contribution in [3.8, 4) is 0 Å². The Kier molecular flexibility index (Phi) is 4.15. The molecule has 0 bridgehead atoms. The lowest BCUT2D eigenvalue weighted by Gasteiger charge is -2.27. The van der Waals surface area contributed by atoms with Gasteiger partial charge in [0.05, 0.1) is 0 Å². The molecule has 0 saturated heterocycles. The zero-order valence-corrected chi connectivity index (χ0v) is 11.4. The van der Waals surface area contributed by atoms with Crippen molar-refractivity contribution in [2.24, 2.45) is 5.41 Å². The van der Waals surface area contributed by atoms with Crippen molar-refractivity contribution >= 4 is 17.6 Å². The molecule has 0 fully saturated rings. The van der Waals surface area contributed by atoms with Gasteiger partial charge in [0.1, 0.15) is 11.6 Å². The Balaban J connectivity index is 2.89. The van der Waals surface area contributed by atoms with Gasteiger partial charge >= 0.3 is 0 Å². The maximum atomic E-state index is 5.70. The Morgan fingerprint density at radius 1 is 1.35 bits per heavy atom.